The highest BCUT2D eigenvalue weighted by atomic mass is 16.1. The number of benzene rings is 2. The average molecular weight is 278 g/mol. The smallest absolute Gasteiger partial charge is 0.255 e. The lowest BCUT2D eigenvalue weighted by Gasteiger charge is -2.22. The Morgan fingerprint density at radius 2 is 1.81 bits per heavy atom. The Morgan fingerprint density at radius 1 is 1.10 bits per heavy atom. The molecule has 0 aliphatic carbocycles. The zero-order valence-electron chi connectivity index (χ0n) is 12.5. The van der Waals surface area contributed by atoms with Gasteiger partial charge in [-0.25, -0.2) is 0 Å². The lowest BCUT2D eigenvalue weighted by atomic mass is 9.83. The van der Waals surface area contributed by atoms with Crippen LogP contribution >= 0.6 is 0 Å². The van der Waals surface area contributed by atoms with Gasteiger partial charge in [0.05, 0.1) is 11.6 Å². The fourth-order valence-electron chi connectivity index (χ4n) is 2.20. The molecule has 2 aromatic carbocycles. The summed E-state index contributed by atoms with van der Waals surface area (Å²) in [5.74, 6) is -0.157. The Bertz CT molecular complexity index is 706. The number of rotatable bonds is 2. The van der Waals surface area contributed by atoms with Crippen LogP contribution < -0.4 is 5.32 Å². The quantitative estimate of drug-likeness (QED) is 0.898. The van der Waals surface area contributed by atoms with E-state index in [1.165, 1.54) is 0 Å². The van der Waals surface area contributed by atoms with Crippen molar-refractivity contribution in [1.82, 2.24) is 0 Å². The van der Waals surface area contributed by atoms with Crippen LogP contribution in [0, 0.1) is 11.3 Å². The number of hydrogen-bond donors (Lipinski definition) is 1. The van der Waals surface area contributed by atoms with E-state index < -0.39 is 0 Å². The predicted octanol–water partition coefficient (Wildman–Crippen LogP) is 4.11. The van der Waals surface area contributed by atoms with Gasteiger partial charge in [-0.2, -0.15) is 5.26 Å². The second-order valence-electron chi connectivity index (χ2n) is 5.94. The van der Waals surface area contributed by atoms with E-state index in [0.717, 1.165) is 5.56 Å². The second kappa shape index (κ2) is 5.80. The van der Waals surface area contributed by atoms with Gasteiger partial charge < -0.3 is 5.32 Å². The summed E-state index contributed by atoms with van der Waals surface area (Å²) in [5, 5.41) is 11.8. The molecule has 0 aliphatic heterocycles. The van der Waals surface area contributed by atoms with E-state index in [4.69, 9.17) is 5.26 Å². The third-order valence-corrected chi connectivity index (χ3v) is 3.23. The lowest BCUT2D eigenvalue weighted by molar-refractivity contribution is 0.102. The number of carbonyl (C=O) groups excluding carboxylic acids is 1. The van der Waals surface area contributed by atoms with E-state index in [1.54, 1.807) is 24.3 Å². The zero-order chi connectivity index (χ0) is 15.5. The summed E-state index contributed by atoms with van der Waals surface area (Å²) >= 11 is 0. The number of hydrogen-bond acceptors (Lipinski definition) is 2. The standard InChI is InChI=1S/C18H18N2O/c1-18(2,3)16-10-5-4-9-15(16)17(21)20-14-8-6-7-13(11-14)12-19/h4-11H,1-3H3,(H,20,21). The topological polar surface area (TPSA) is 52.9 Å². The van der Waals surface area contributed by atoms with E-state index in [1.807, 2.05) is 24.3 Å². The van der Waals surface area contributed by atoms with E-state index in [-0.39, 0.29) is 11.3 Å². The normalized spacial score (nSPS) is 10.8. The number of nitrogens with one attached hydrogen (secondary N) is 1. The fourth-order valence-corrected chi connectivity index (χ4v) is 2.20. The Morgan fingerprint density at radius 3 is 2.48 bits per heavy atom. The Hall–Kier alpha value is -2.60. The van der Waals surface area contributed by atoms with E-state index >= 15 is 0 Å². The summed E-state index contributed by atoms with van der Waals surface area (Å²) in [6.45, 7) is 6.24. The van der Waals surface area contributed by atoms with Gasteiger partial charge in [0.2, 0.25) is 0 Å². The number of carbonyl (C=O) groups is 1. The van der Waals surface area contributed by atoms with Crippen molar-refractivity contribution in [2.24, 2.45) is 0 Å². The maximum atomic E-state index is 12.5. The SMILES string of the molecule is CC(C)(C)c1ccccc1C(=O)Nc1cccc(C#N)c1. The number of nitrogens with zero attached hydrogens (tertiary/aromatic N) is 1. The molecule has 0 heterocycles. The van der Waals surface area contributed by atoms with Crippen molar-refractivity contribution in [2.45, 2.75) is 26.2 Å². The highest BCUT2D eigenvalue weighted by Gasteiger charge is 2.21. The molecule has 1 amide bonds. The minimum Gasteiger partial charge on any atom is -0.322 e. The minimum absolute atomic E-state index is 0.109. The molecule has 0 unspecified atom stereocenters. The molecular formula is C18H18N2O. The molecule has 106 valence electrons. The van der Waals surface area contributed by atoms with Crippen molar-refractivity contribution in [3.63, 3.8) is 0 Å². The summed E-state index contributed by atoms with van der Waals surface area (Å²) in [4.78, 5) is 12.5. The molecule has 0 atom stereocenters. The zero-order valence-corrected chi connectivity index (χ0v) is 12.5. The maximum Gasteiger partial charge on any atom is 0.255 e. The largest absolute Gasteiger partial charge is 0.322 e. The fraction of sp³-hybridized carbons (Fsp3) is 0.222. The van der Waals surface area contributed by atoms with Gasteiger partial charge in [-0.1, -0.05) is 45.0 Å². The van der Waals surface area contributed by atoms with Crippen molar-refractivity contribution >= 4 is 11.6 Å². The van der Waals surface area contributed by atoms with Crippen molar-refractivity contribution in [3.8, 4) is 6.07 Å². The minimum atomic E-state index is -0.157. The molecule has 0 saturated heterocycles. The van der Waals surface area contributed by atoms with Gasteiger partial charge in [0.15, 0.2) is 0 Å². The highest BCUT2D eigenvalue weighted by molar-refractivity contribution is 6.05. The summed E-state index contributed by atoms with van der Waals surface area (Å²) in [7, 11) is 0. The van der Waals surface area contributed by atoms with E-state index in [9.17, 15) is 4.79 Å². The third-order valence-electron chi connectivity index (χ3n) is 3.23. The van der Waals surface area contributed by atoms with Crippen LogP contribution in [0.1, 0.15) is 42.3 Å². The van der Waals surface area contributed by atoms with Crippen LogP contribution in [0.2, 0.25) is 0 Å². The number of nitriles is 1. The summed E-state index contributed by atoms with van der Waals surface area (Å²) in [5.41, 5.74) is 2.70. The molecule has 0 fully saturated rings. The molecule has 0 saturated carbocycles. The van der Waals surface area contributed by atoms with Crippen LogP contribution in [-0.4, -0.2) is 5.91 Å². The molecule has 0 radical (unpaired) electrons. The van der Waals surface area contributed by atoms with Crippen LogP contribution in [-0.2, 0) is 5.41 Å². The molecule has 0 spiro atoms. The van der Waals surface area contributed by atoms with Gasteiger partial charge >= 0.3 is 0 Å². The van der Waals surface area contributed by atoms with Crippen LogP contribution in [0.4, 0.5) is 5.69 Å². The molecule has 2 aromatic rings. The van der Waals surface area contributed by atoms with Crippen molar-refractivity contribution < 1.29 is 4.79 Å². The van der Waals surface area contributed by atoms with Crippen molar-refractivity contribution in [2.75, 3.05) is 5.32 Å². The van der Waals surface area contributed by atoms with Crippen molar-refractivity contribution in [1.29, 1.82) is 5.26 Å². The van der Waals surface area contributed by atoms with Crippen LogP contribution in [0.3, 0.4) is 0 Å². The Kier molecular flexibility index (Phi) is 4.09. The molecule has 21 heavy (non-hydrogen) atoms. The molecule has 3 nitrogen and oxygen atoms in total. The first-order chi connectivity index (χ1) is 9.91. The molecule has 0 bridgehead atoms. The van der Waals surface area contributed by atoms with Gasteiger partial charge in [-0.15, -0.1) is 0 Å². The molecule has 0 aliphatic rings. The number of anilines is 1. The van der Waals surface area contributed by atoms with E-state index in [2.05, 4.69) is 32.2 Å². The van der Waals surface area contributed by atoms with Gasteiger partial charge in [0.25, 0.3) is 5.91 Å². The monoisotopic (exact) mass is 278 g/mol. The molecular weight excluding hydrogens is 260 g/mol. The maximum absolute atomic E-state index is 12.5. The van der Waals surface area contributed by atoms with Gasteiger partial charge in [0, 0.05) is 11.3 Å². The van der Waals surface area contributed by atoms with E-state index in [0.29, 0.717) is 16.8 Å². The Balaban J connectivity index is 2.31. The lowest BCUT2D eigenvalue weighted by Crippen LogP contribution is -2.20. The summed E-state index contributed by atoms with van der Waals surface area (Å²) in [6.07, 6.45) is 0. The van der Waals surface area contributed by atoms with Crippen LogP contribution in [0.25, 0.3) is 0 Å². The third kappa shape index (κ3) is 3.49. The average Bonchev–Trinajstić information content (AvgIpc) is 2.46. The predicted molar refractivity (Wildman–Crippen MR) is 84.3 cm³/mol. The first-order valence-electron chi connectivity index (χ1n) is 6.83. The highest BCUT2D eigenvalue weighted by Crippen LogP contribution is 2.26. The van der Waals surface area contributed by atoms with Crippen LogP contribution in [0.15, 0.2) is 48.5 Å². The number of amides is 1. The summed E-state index contributed by atoms with van der Waals surface area (Å²) < 4.78 is 0. The molecule has 1 N–H and O–H groups in total. The molecule has 3 heteroatoms. The molecule has 0 aromatic heterocycles. The van der Waals surface area contributed by atoms with Gasteiger partial charge in [-0.05, 0) is 35.2 Å². The first kappa shape index (κ1) is 14.8. The van der Waals surface area contributed by atoms with Gasteiger partial charge in [-0.3, -0.25) is 4.79 Å². The van der Waals surface area contributed by atoms with Crippen molar-refractivity contribution in [3.05, 3.63) is 65.2 Å². The van der Waals surface area contributed by atoms with Crippen LogP contribution in [0.5, 0.6) is 0 Å². The Labute approximate surface area is 125 Å². The van der Waals surface area contributed by atoms with Gasteiger partial charge in [0.1, 0.15) is 0 Å². The second-order valence-corrected chi connectivity index (χ2v) is 5.94. The summed E-state index contributed by atoms with van der Waals surface area (Å²) in [6, 6.07) is 16.6. The molecule has 2 rings (SSSR count). The first-order valence-corrected chi connectivity index (χ1v) is 6.83.